The van der Waals surface area contributed by atoms with Gasteiger partial charge < -0.3 is 4.74 Å². The molecule has 0 amide bonds. The molecule has 1 N–H and O–H groups in total. The van der Waals surface area contributed by atoms with Crippen LogP contribution in [-0.2, 0) is 26.6 Å². The van der Waals surface area contributed by atoms with Crippen LogP contribution < -0.4 is 4.72 Å². The van der Waals surface area contributed by atoms with Crippen LogP contribution in [0.1, 0.15) is 12.0 Å². The van der Waals surface area contributed by atoms with E-state index in [1.54, 1.807) is 0 Å². The predicted octanol–water partition coefficient (Wildman–Crippen LogP) is -0.403. The van der Waals surface area contributed by atoms with Crippen LogP contribution >= 0.6 is 0 Å². The highest BCUT2D eigenvalue weighted by atomic mass is 32.2. The molecule has 0 saturated heterocycles. The second-order valence-electron chi connectivity index (χ2n) is 3.39. The molecule has 98 valence electrons. The van der Waals surface area contributed by atoms with Crippen molar-refractivity contribution in [1.82, 2.24) is 9.78 Å². The number of nitrogens with zero attached hydrogens (tertiary/aromatic N) is 3. The van der Waals surface area contributed by atoms with Gasteiger partial charge in [0.05, 0.1) is 25.5 Å². The lowest BCUT2D eigenvalue weighted by Gasteiger charge is -2.07. The number of rotatable bonds is 5. The number of hydrogen-bond donors (Lipinski definition) is 1. The van der Waals surface area contributed by atoms with Crippen LogP contribution in [0.2, 0.25) is 0 Å². The Labute approximate surface area is 104 Å². The van der Waals surface area contributed by atoms with Crippen molar-refractivity contribution in [1.29, 1.82) is 5.26 Å². The fourth-order valence-electron chi connectivity index (χ4n) is 1.16. The van der Waals surface area contributed by atoms with Crippen molar-refractivity contribution in [3.63, 3.8) is 0 Å². The van der Waals surface area contributed by atoms with E-state index in [4.69, 9.17) is 5.26 Å². The number of aryl methyl sites for hydroxylation is 1. The molecule has 18 heavy (non-hydrogen) atoms. The van der Waals surface area contributed by atoms with Gasteiger partial charge >= 0.3 is 5.97 Å². The van der Waals surface area contributed by atoms with E-state index < -0.39 is 21.7 Å². The van der Waals surface area contributed by atoms with E-state index in [9.17, 15) is 13.2 Å². The monoisotopic (exact) mass is 272 g/mol. The Balaban J connectivity index is 2.80. The fourth-order valence-corrected chi connectivity index (χ4v) is 2.23. The van der Waals surface area contributed by atoms with Gasteiger partial charge in [0, 0.05) is 7.05 Å². The smallest absolute Gasteiger partial charge is 0.306 e. The molecule has 0 spiro atoms. The maximum atomic E-state index is 11.7. The van der Waals surface area contributed by atoms with Gasteiger partial charge in [0.15, 0.2) is 5.82 Å². The molecule has 1 aromatic rings. The Morgan fingerprint density at radius 1 is 1.67 bits per heavy atom. The van der Waals surface area contributed by atoms with Gasteiger partial charge in [0.2, 0.25) is 10.0 Å². The second kappa shape index (κ2) is 5.50. The summed E-state index contributed by atoms with van der Waals surface area (Å²) in [4.78, 5) is 10.9. The van der Waals surface area contributed by atoms with E-state index in [0.717, 1.165) is 0 Å². The molecule has 0 atom stereocenters. The normalized spacial score (nSPS) is 10.7. The molecule has 0 unspecified atom stereocenters. The van der Waals surface area contributed by atoms with Crippen LogP contribution in [0.3, 0.4) is 0 Å². The fraction of sp³-hybridized carbons (Fsp3) is 0.444. The molecule has 1 rings (SSSR count). The number of esters is 1. The Morgan fingerprint density at radius 2 is 2.33 bits per heavy atom. The number of nitrogens with one attached hydrogen (secondary N) is 1. The molecule has 0 radical (unpaired) electrons. The van der Waals surface area contributed by atoms with Gasteiger partial charge in [-0.25, -0.2) is 8.42 Å². The first kappa shape index (κ1) is 14.0. The number of sulfonamides is 1. The summed E-state index contributed by atoms with van der Waals surface area (Å²) in [7, 11) is -1.05. The van der Waals surface area contributed by atoms with Crippen LogP contribution in [0.15, 0.2) is 6.20 Å². The number of aromatic nitrogens is 2. The molecule has 1 aromatic heterocycles. The third kappa shape index (κ3) is 3.46. The summed E-state index contributed by atoms with van der Waals surface area (Å²) in [6, 6.07) is 1.81. The summed E-state index contributed by atoms with van der Waals surface area (Å²) in [6.07, 6.45) is 0.990. The molecule has 8 nitrogen and oxygen atoms in total. The number of carbonyl (C=O) groups is 1. The Hall–Kier alpha value is -2.08. The molecular weight excluding hydrogens is 260 g/mol. The van der Waals surface area contributed by atoms with Crippen molar-refractivity contribution in [3.05, 3.63) is 11.8 Å². The van der Waals surface area contributed by atoms with Gasteiger partial charge in [0.25, 0.3) is 0 Å². The Morgan fingerprint density at radius 3 is 2.89 bits per heavy atom. The molecule has 9 heteroatoms. The van der Waals surface area contributed by atoms with Crippen molar-refractivity contribution >= 4 is 21.8 Å². The minimum Gasteiger partial charge on any atom is -0.469 e. The van der Waals surface area contributed by atoms with E-state index in [1.165, 1.54) is 25.0 Å². The Bertz CT molecular complexity index is 584. The molecular formula is C9H12N4O4S. The number of nitriles is 1. The average molecular weight is 272 g/mol. The minimum atomic E-state index is -3.73. The molecule has 0 aromatic carbocycles. The second-order valence-corrected chi connectivity index (χ2v) is 5.23. The van der Waals surface area contributed by atoms with E-state index in [1.807, 2.05) is 6.07 Å². The first-order valence-electron chi connectivity index (χ1n) is 4.89. The predicted molar refractivity (Wildman–Crippen MR) is 62.0 cm³/mol. The number of hydrogen-bond acceptors (Lipinski definition) is 6. The lowest BCUT2D eigenvalue weighted by Crippen LogP contribution is -2.21. The minimum absolute atomic E-state index is 0.0716. The standard InChI is InChI=1S/C9H12N4O4S/c1-13-9(7(5-10)6-11-13)12-18(15,16)4-3-8(14)17-2/h6,12H,3-4H2,1-2H3. The van der Waals surface area contributed by atoms with Gasteiger partial charge in [-0.3, -0.25) is 14.2 Å². The summed E-state index contributed by atoms with van der Waals surface area (Å²) in [5, 5.41) is 12.5. The van der Waals surface area contributed by atoms with Crippen molar-refractivity contribution in [2.24, 2.45) is 7.05 Å². The first-order valence-corrected chi connectivity index (χ1v) is 6.54. The number of anilines is 1. The molecule has 0 saturated carbocycles. The zero-order chi connectivity index (χ0) is 13.8. The lowest BCUT2D eigenvalue weighted by molar-refractivity contribution is -0.140. The van der Waals surface area contributed by atoms with E-state index in [0.29, 0.717) is 0 Å². The zero-order valence-electron chi connectivity index (χ0n) is 9.87. The summed E-state index contributed by atoms with van der Waals surface area (Å²) < 4.78 is 31.1. The summed E-state index contributed by atoms with van der Waals surface area (Å²) in [5.41, 5.74) is 0.110. The molecule has 1 heterocycles. The topological polar surface area (TPSA) is 114 Å². The number of carbonyl (C=O) groups excluding carboxylic acids is 1. The van der Waals surface area contributed by atoms with Crippen LogP contribution in [-0.4, -0.2) is 37.0 Å². The quantitative estimate of drug-likeness (QED) is 0.729. The van der Waals surface area contributed by atoms with Crippen LogP contribution in [0, 0.1) is 11.3 Å². The highest BCUT2D eigenvalue weighted by Gasteiger charge is 2.18. The largest absolute Gasteiger partial charge is 0.469 e. The SMILES string of the molecule is COC(=O)CCS(=O)(=O)Nc1c(C#N)cnn1C. The summed E-state index contributed by atoms with van der Waals surface area (Å²) >= 11 is 0. The number of methoxy groups -OCH3 is 1. The summed E-state index contributed by atoms with van der Waals surface area (Å²) in [5.74, 6) is -0.969. The third-order valence-corrected chi connectivity index (χ3v) is 3.36. The maximum Gasteiger partial charge on any atom is 0.306 e. The average Bonchev–Trinajstić information content (AvgIpc) is 2.67. The molecule has 0 aliphatic carbocycles. The van der Waals surface area contributed by atoms with Crippen LogP contribution in [0.4, 0.5) is 5.82 Å². The first-order chi connectivity index (χ1) is 8.39. The van der Waals surface area contributed by atoms with Crippen molar-refractivity contribution in [3.8, 4) is 6.07 Å². The third-order valence-electron chi connectivity index (χ3n) is 2.11. The van der Waals surface area contributed by atoms with E-state index in [2.05, 4.69) is 14.6 Å². The van der Waals surface area contributed by atoms with Gasteiger partial charge in [-0.1, -0.05) is 0 Å². The van der Waals surface area contributed by atoms with Crippen molar-refractivity contribution in [2.45, 2.75) is 6.42 Å². The van der Waals surface area contributed by atoms with Gasteiger partial charge in [-0.05, 0) is 0 Å². The zero-order valence-corrected chi connectivity index (χ0v) is 10.7. The van der Waals surface area contributed by atoms with Gasteiger partial charge in [0.1, 0.15) is 11.6 Å². The van der Waals surface area contributed by atoms with E-state index in [-0.39, 0.29) is 17.8 Å². The van der Waals surface area contributed by atoms with Gasteiger partial charge in [-0.2, -0.15) is 10.4 Å². The highest BCUT2D eigenvalue weighted by molar-refractivity contribution is 7.92. The molecule has 0 fully saturated rings. The lowest BCUT2D eigenvalue weighted by atomic mass is 10.4. The summed E-state index contributed by atoms with van der Waals surface area (Å²) in [6.45, 7) is 0. The van der Waals surface area contributed by atoms with Crippen molar-refractivity contribution < 1.29 is 17.9 Å². The van der Waals surface area contributed by atoms with Crippen molar-refractivity contribution in [2.75, 3.05) is 17.6 Å². The van der Waals surface area contributed by atoms with E-state index >= 15 is 0 Å². The molecule has 0 bridgehead atoms. The number of ether oxygens (including phenoxy) is 1. The highest BCUT2D eigenvalue weighted by Crippen LogP contribution is 2.14. The Kier molecular flexibility index (Phi) is 4.28. The molecule has 0 aliphatic heterocycles. The molecule has 0 aliphatic rings. The maximum absolute atomic E-state index is 11.7. The van der Waals surface area contributed by atoms with Crippen LogP contribution in [0.25, 0.3) is 0 Å². The van der Waals surface area contributed by atoms with Crippen LogP contribution in [0.5, 0.6) is 0 Å². The van der Waals surface area contributed by atoms with Gasteiger partial charge in [-0.15, -0.1) is 0 Å².